The number of hydrogen-bond donors (Lipinski definition) is 1. The van der Waals surface area contributed by atoms with Crippen molar-refractivity contribution in [3.63, 3.8) is 0 Å². The van der Waals surface area contributed by atoms with Crippen LogP contribution in [0.5, 0.6) is 0 Å². The van der Waals surface area contributed by atoms with Crippen LogP contribution in [0.2, 0.25) is 0 Å². The second kappa shape index (κ2) is 9.04. The lowest BCUT2D eigenvalue weighted by molar-refractivity contribution is 0.0923. The van der Waals surface area contributed by atoms with Crippen LogP contribution in [0.25, 0.3) is 22.5 Å². The molecule has 1 unspecified atom stereocenters. The van der Waals surface area contributed by atoms with Crippen molar-refractivity contribution >= 4 is 5.91 Å². The Morgan fingerprint density at radius 3 is 2.72 bits per heavy atom. The summed E-state index contributed by atoms with van der Waals surface area (Å²) in [5.41, 5.74) is 4.77. The number of carbonyl (C=O) groups is 1. The summed E-state index contributed by atoms with van der Waals surface area (Å²) < 4.78 is 6.12. The van der Waals surface area contributed by atoms with Crippen molar-refractivity contribution in [2.75, 3.05) is 26.2 Å². The number of rotatable bonds is 7. The summed E-state index contributed by atoms with van der Waals surface area (Å²) in [6.45, 7) is 3.66. The molecule has 164 valence electrons. The van der Waals surface area contributed by atoms with Gasteiger partial charge >= 0.3 is 0 Å². The average Bonchev–Trinajstić information content (AvgIpc) is 3.58. The largest absolute Gasteiger partial charge is 0.450 e. The first-order valence-electron chi connectivity index (χ1n) is 11.2. The van der Waals surface area contributed by atoms with Crippen LogP contribution in [-0.4, -0.2) is 42.0 Å². The number of likely N-dealkylation sites (tertiary alicyclic amines) is 1. The van der Waals surface area contributed by atoms with E-state index in [9.17, 15) is 9.70 Å². The number of pyridine rings is 1. The lowest BCUT2D eigenvalue weighted by Crippen LogP contribution is -2.33. The molecule has 1 amide bonds. The highest BCUT2D eigenvalue weighted by Gasteiger charge is 2.25. The maximum absolute atomic E-state index is 12.8. The van der Waals surface area contributed by atoms with Crippen molar-refractivity contribution in [2.24, 2.45) is 5.18 Å². The van der Waals surface area contributed by atoms with E-state index in [1.165, 1.54) is 12.8 Å². The van der Waals surface area contributed by atoms with Gasteiger partial charge in [-0.2, -0.15) is 4.91 Å². The van der Waals surface area contributed by atoms with Gasteiger partial charge in [0, 0.05) is 36.6 Å². The monoisotopic (exact) mass is 430 g/mol. The molecule has 0 spiro atoms. The summed E-state index contributed by atoms with van der Waals surface area (Å²) in [5.74, 6) is 0.726. The van der Waals surface area contributed by atoms with E-state index >= 15 is 0 Å². The molecule has 3 heterocycles. The highest BCUT2D eigenvalue weighted by atomic mass is 16.4. The summed E-state index contributed by atoms with van der Waals surface area (Å²) >= 11 is 0. The maximum Gasteiger partial charge on any atom is 0.287 e. The number of benzene rings is 1. The van der Waals surface area contributed by atoms with Crippen LogP contribution in [0.3, 0.4) is 0 Å². The van der Waals surface area contributed by atoms with Gasteiger partial charge in [0.1, 0.15) is 11.8 Å². The lowest BCUT2D eigenvalue weighted by Gasteiger charge is -2.14. The normalized spacial score (nSPS) is 17.9. The Bertz CT molecular complexity index is 1120. The molecule has 1 aliphatic heterocycles. The highest BCUT2D eigenvalue weighted by molar-refractivity contribution is 5.95. The standard InChI is InChI=1S/C25H26N4O3/c30-25(27-11-14-29-12-1-2-13-29)23-16-21(17-7-9-26-10-8-17)24(32-23)19-3-5-20-18(15-19)4-6-22(20)28-31/h3,5,7-10,15-16,22H,1-2,4,6,11-14H2,(H,27,30). The van der Waals surface area contributed by atoms with Crippen molar-refractivity contribution < 1.29 is 9.21 Å². The van der Waals surface area contributed by atoms with Gasteiger partial charge in [0.2, 0.25) is 0 Å². The van der Waals surface area contributed by atoms with Gasteiger partial charge in [-0.3, -0.25) is 9.78 Å². The lowest BCUT2D eigenvalue weighted by atomic mass is 9.99. The van der Waals surface area contributed by atoms with Crippen molar-refractivity contribution in [3.05, 3.63) is 70.6 Å². The van der Waals surface area contributed by atoms with Crippen molar-refractivity contribution in [2.45, 2.75) is 31.7 Å². The number of nitrogens with one attached hydrogen (secondary N) is 1. The van der Waals surface area contributed by atoms with Gasteiger partial charge in [-0.1, -0.05) is 17.3 Å². The smallest absolute Gasteiger partial charge is 0.287 e. The zero-order valence-corrected chi connectivity index (χ0v) is 17.9. The molecule has 0 saturated carbocycles. The molecule has 1 saturated heterocycles. The first-order valence-corrected chi connectivity index (χ1v) is 11.2. The van der Waals surface area contributed by atoms with E-state index < -0.39 is 0 Å². The minimum absolute atomic E-state index is 0.211. The van der Waals surface area contributed by atoms with Crippen LogP contribution in [0, 0.1) is 4.91 Å². The minimum atomic E-state index is -0.271. The van der Waals surface area contributed by atoms with E-state index in [0.717, 1.165) is 60.3 Å². The molecular weight excluding hydrogens is 404 g/mol. The van der Waals surface area contributed by atoms with Gasteiger partial charge in [-0.05, 0) is 79.7 Å². The highest BCUT2D eigenvalue weighted by Crippen LogP contribution is 2.40. The van der Waals surface area contributed by atoms with Gasteiger partial charge < -0.3 is 14.6 Å². The van der Waals surface area contributed by atoms with Crippen molar-refractivity contribution in [1.82, 2.24) is 15.2 Å². The molecule has 1 N–H and O–H groups in total. The van der Waals surface area contributed by atoms with Gasteiger partial charge in [0.15, 0.2) is 5.76 Å². The fraction of sp³-hybridized carbons (Fsp3) is 0.360. The van der Waals surface area contributed by atoms with Gasteiger partial charge in [-0.15, -0.1) is 0 Å². The van der Waals surface area contributed by atoms with Crippen LogP contribution in [0.4, 0.5) is 0 Å². The third kappa shape index (κ3) is 4.08. The SMILES string of the molecule is O=NC1CCc2cc(-c3oc(C(=O)NCCN4CCCC4)cc3-c3ccncc3)ccc21. The number of aryl methyl sites for hydroxylation is 1. The molecule has 7 heteroatoms. The molecule has 1 aromatic carbocycles. The van der Waals surface area contributed by atoms with Crippen LogP contribution in [0.15, 0.2) is 58.4 Å². The topological polar surface area (TPSA) is 87.8 Å². The molecule has 1 fully saturated rings. The molecule has 1 atom stereocenters. The second-order valence-electron chi connectivity index (χ2n) is 8.47. The van der Waals surface area contributed by atoms with Crippen LogP contribution < -0.4 is 5.32 Å². The fourth-order valence-corrected chi connectivity index (χ4v) is 4.73. The zero-order valence-electron chi connectivity index (χ0n) is 17.9. The Hall–Kier alpha value is -3.32. The summed E-state index contributed by atoms with van der Waals surface area (Å²) in [6.07, 6.45) is 7.47. The van der Waals surface area contributed by atoms with Gasteiger partial charge in [0.05, 0.1) is 0 Å². The van der Waals surface area contributed by atoms with Gasteiger partial charge in [0.25, 0.3) is 5.91 Å². The van der Waals surface area contributed by atoms with E-state index in [2.05, 4.69) is 26.4 Å². The molecule has 32 heavy (non-hydrogen) atoms. The Morgan fingerprint density at radius 2 is 1.94 bits per heavy atom. The molecule has 2 aliphatic rings. The van der Waals surface area contributed by atoms with Crippen LogP contribution >= 0.6 is 0 Å². The number of hydrogen-bond acceptors (Lipinski definition) is 6. The Kier molecular flexibility index (Phi) is 5.81. The van der Waals surface area contributed by atoms with E-state index in [0.29, 0.717) is 18.1 Å². The molecular formula is C25H26N4O3. The van der Waals surface area contributed by atoms with Crippen LogP contribution in [0.1, 0.15) is 47.0 Å². The first-order chi connectivity index (χ1) is 15.7. The fourth-order valence-electron chi connectivity index (χ4n) is 4.73. The molecule has 0 bridgehead atoms. The third-order valence-corrected chi connectivity index (χ3v) is 6.44. The summed E-state index contributed by atoms with van der Waals surface area (Å²) in [6, 6.07) is 11.3. The Morgan fingerprint density at radius 1 is 1.12 bits per heavy atom. The van der Waals surface area contributed by atoms with E-state index in [1.54, 1.807) is 18.5 Å². The number of nitrogens with zero attached hydrogens (tertiary/aromatic N) is 3. The zero-order chi connectivity index (χ0) is 21.9. The van der Waals surface area contributed by atoms with E-state index in [-0.39, 0.29) is 11.9 Å². The Labute approximate surface area is 186 Å². The average molecular weight is 431 g/mol. The summed E-state index contributed by atoms with van der Waals surface area (Å²) in [7, 11) is 0. The summed E-state index contributed by atoms with van der Waals surface area (Å²) in [5, 5.41) is 6.23. The van der Waals surface area contributed by atoms with Crippen molar-refractivity contribution in [3.8, 4) is 22.5 Å². The molecule has 3 aromatic rings. The molecule has 2 aromatic heterocycles. The number of fused-ring (bicyclic) bond motifs is 1. The minimum Gasteiger partial charge on any atom is -0.450 e. The Balaban J connectivity index is 1.43. The molecule has 0 radical (unpaired) electrons. The number of carbonyl (C=O) groups excluding carboxylic acids is 1. The third-order valence-electron chi connectivity index (χ3n) is 6.44. The quantitative estimate of drug-likeness (QED) is 0.554. The van der Waals surface area contributed by atoms with Gasteiger partial charge in [-0.25, -0.2) is 0 Å². The van der Waals surface area contributed by atoms with E-state index in [1.807, 2.05) is 24.3 Å². The predicted molar refractivity (Wildman–Crippen MR) is 122 cm³/mol. The molecule has 5 rings (SSSR count). The summed E-state index contributed by atoms with van der Waals surface area (Å²) in [4.78, 5) is 30.4. The number of aromatic nitrogens is 1. The number of amides is 1. The second-order valence-corrected chi connectivity index (χ2v) is 8.47. The van der Waals surface area contributed by atoms with E-state index in [4.69, 9.17) is 4.42 Å². The molecule has 1 aliphatic carbocycles. The van der Waals surface area contributed by atoms with Crippen molar-refractivity contribution in [1.29, 1.82) is 0 Å². The number of furan rings is 1. The van der Waals surface area contributed by atoms with Crippen LogP contribution in [-0.2, 0) is 6.42 Å². The maximum atomic E-state index is 12.8. The predicted octanol–water partition coefficient (Wildman–Crippen LogP) is 4.59. The number of nitroso groups, excluding NO2 is 1. The first kappa shape index (κ1) is 20.6. The molecule has 7 nitrogen and oxygen atoms in total.